The minimum Gasteiger partial charge on any atom is -0.325 e. The van der Waals surface area contributed by atoms with E-state index in [9.17, 15) is 0 Å². The van der Waals surface area contributed by atoms with Gasteiger partial charge in [-0.15, -0.1) is 17.1 Å². The van der Waals surface area contributed by atoms with Crippen LogP contribution >= 0.6 is 23.6 Å². The lowest BCUT2D eigenvalue weighted by atomic mass is 10.1. The van der Waals surface area contributed by atoms with E-state index in [2.05, 4.69) is 22.9 Å². The predicted molar refractivity (Wildman–Crippen MR) is 88.7 cm³/mol. The molecule has 0 N–H and O–H groups in total. The molecule has 20 heavy (non-hydrogen) atoms. The average molecular weight is 296 g/mol. The summed E-state index contributed by atoms with van der Waals surface area (Å²) in [5.41, 5.74) is 6.51. The van der Waals surface area contributed by atoms with Crippen molar-refractivity contribution in [3.05, 3.63) is 64.1 Å². The number of nitrogens with zero attached hydrogens (tertiary/aromatic N) is 2. The fourth-order valence-electron chi connectivity index (χ4n) is 2.07. The second kappa shape index (κ2) is 5.55. The van der Waals surface area contributed by atoms with Gasteiger partial charge in [-0.1, -0.05) is 30.3 Å². The van der Waals surface area contributed by atoms with Gasteiger partial charge in [-0.25, -0.2) is 0 Å². The molecule has 0 spiro atoms. The molecule has 1 aliphatic heterocycles. The normalized spacial score (nSPS) is 13.3. The molecule has 2 nitrogen and oxygen atoms in total. The number of rotatable bonds is 2. The van der Waals surface area contributed by atoms with Gasteiger partial charge in [0.25, 0.3) is 0 Å². The Kier molecular flexibility index (Phi) is 3.61. The summed E-state index contributed by atoms with van der Waals surface area (Å²) in [6.07, 6.45) is 7.29. The highest BCUT2D eigenvalue weighted by molar-refractivity contribution is 7.73. The van der Waals surface area contributed by atoms with E-state index in [1.807, 2.05) is 42.0 Å². The van der Waals surface area contributed by atoms with E-state index in [1.165, 1.54) is 10.4 Å². The van der Waals surface area contributed by atoms with E-state index in [-0.39, 0.29) is 0 Å². The van der Waals surface area contributed by atoms with Gasteiger partial charge in [0, 0.05) is 25.0 Å². The number of allylic oxidation sites excluding steroid dienone is 2. The number of aliphatic imine (C=N–C) groups is 1. The number of aromatic nitrogens is 1. The van der Waals surface area contributed by atoms with Gasteiger partial charge in [-0.2, -0.15) is 0 Å². The van der Waals surface area contributed by atoms with Crippen molar-refractivity contribution in [1.82, 2.24) is 4.57 Å². The minimum atomic E-state index is 0.853. The molecule has 0 saturated heterocycles. The van der Waals surface area contributed by atoms with E-state index in [1.54, 1.807) is 23.8 Å². The SMILES string of the molecule is Cn1c(C2=C=CC=NC=C2)c(-c2ccccc2)sc1=S. The largest absolute Gasteiger partial charge is 0.325 e. The van der Waals surface area contributed by atoms with E-state index in [0.717, 1.165) is 15.2 Å². The molecule has 0 aliphatic carbocycles. The van der Waals surface area contributed by atoms with Gasteiger partial charge in [-0.3, -0.25) is 4.99 Å². The first-order valence-electron chi connectivity index (χ1n) is 6.18. The summed E-state index contributed by atoms with van der Waals surface area (Å²) >= 11 is 7.06. The molecule has 1 aromatic heterocycles. The Morgan fingerprint density at radius 3 is 2.85 bits per heavy atom. The molecule has 0 saturated carbocycles. The molecule has 4 heteroatoms. The summed E-state index contributed by atoms with van der Waals surface area (Å²) in [5, 5.41) is 0. The zero-order valence-electron chi connectivity index (χ0n) is 10.9. The van der Waals surface area contributed by atoms with Gasteiger partial charge in [0.1, 0.15) is 0 Å². The van der Waals surface area contributed by atoms with Gasteiger partial charge in [0.2, 0.25) is 0 Å². The number of thiazole rings is 1. The second-order valence-electron chi connectivity index (χ2n) is 4.31. The summed E-state index contributed by atoms with van der Waals surface area (Å²) in [6, 6.07) is 10.3. The smallest absolute Gasteiger partial charge is 0.161 e. The topological polar surface area (TPSA) is 17.3 Å². The van der Waals surface area contributed by atoms with E-state index < -0.39 is 0 Å². The average Bonchev–Trinajstić information content (AvgIpc) is 2.68. The van der Waals surface area contributed by atoms with E-state index in [0.29, 0.717) is 0 Å². The summed E-state index contributed by atoms with van der Waals surface area (Å²) in [4.78, 5) is 5.28. The second-order valence-corrected chi connectivity index (χ2v) is 5.95. The van der Waals surface area contributed by atoms with Crippen molar-refractivity contribution >= 4 is 35.3 Å². The van der Waals surface area contributed by atoms with Crippen LogP contribution in [0, 0.1) is 3.95 Å². The summed E-state index contributed by atoms with van der Waals surface area (Å²) in [5.74, 6) is 0. The molecule has 0 fully saturated rings. The minimum absolute atomic E-state index is 0.853. The van der Waals surface area contributed by atoms with Crippen molar-refractivity contribution in [3.63, 3.8) is 0 Å². The van der Waals surface area contributed by atoms with Crippen LogP contribution in [0.15, 0.2) is 59.4 Å². The lowest BCUT2D eigenvalue weighted by molar-refractivity contribution is 0.904. The van der Waals surface area contributed by atoms with Crippen LogP contribution in [0.25, 0.3) is 16.0 Å². The Morgan fingerprint density at radius 2 is 2.05 bits per heavy atom. The van der Waals surface area contributed by atoms with Crippen molar-refractivity contribution in [1.29, 1.82) is 0 Å². The number of hydrogen-bond acceptors (Lipinski definition) is 3. The van der Waals surface area contributed by atoms with Crippen molar-refractivity contribution in [3.8, 4) is 10.4 Å². The zero-order valence-corrected chi connectivity index (χ0v) is 12.5. The van der Waals surface area contributed by atoms with Crippen LogP contribution in [0.5, 0.6) is 0 Å². The lowest BCUT2D eigenvalue weighted by Crippen LogP contribution is -1.95. The Hall–Kier alpha value is -2.00. The molecule has 2 aromatic rings. The van der Waals surface area contributed by atoms with E-state index >= 15 is 0 Å². The molecular weight excluding hydrogens is 284 g/mol. The third-order valence-corrected chi connectivity index (χ3v) is 4.64. The van der Waals surface area contributed by atoms with Crippen molar-refractivity contribution in [2.45, 2.75) is 0 Å². The van der Waals surface area contributed by atoms with Crippen molar-refractivity contribution < 1.29 is 0 Å². The molecule has 0 amide bonds. The first kappa shape index (κ1) is 13.0. The number of hydrogen-bond donors (Lipinski definition) is 0. The van der Waals surface area contributed by atoms with Gasteiger partial charge >= 0.3 is 0 Å². The Morgan fingerprint density at radius 1 is 1.25 bits per heavy atom. The monoisotopic (exact) mass is 296 g/mol. The summed E-state index contributed by atoms with van der Waals surface area (Å²) in [7, 11) is 1.99. The Labute approximate surface area is 126 Å². The molecule has 0 bridgehead atoms. The Bertz CT molecular complexity index is 814. The van der Waals surface area contributed by atoms with Gasteiger partial charge in [0.15, 0.2) is 3.95 Å². The maximum Gasteiger partial charge on any atom is 0.161 e. The maximum absolute atomic E-state index is 5.44. The number of benzene rings is 1. The molecule has 98 valence electrons. The fourth-order valence-corrected chi connectivity index (χ4v) is 3.41. The summed E-state index contributed by atoms with van der Waals surface area (Å²) in [6.45, 7) is 0. The molecule has 2 heterocycles. The van der Waals surface area contributed by atoms with Crippen LogP contribution in [0.4, 0.5) is 0 Å². The fraction of sp³-hybridized carbons (Fsp3) is 0.0625. The zero-order chi connectivity index (χ0) is 13.9. The third-order valence-electron chi connectivity index (χ3n) is 3.03. The van der Waals surface area contributed by atoms with Gasteiger partial charge < -0.3 is 4.57 Å². The molecule has 1 aromatic carbocycles. The highest BCUT2D eigenvalue weighted by Crippen LogP contribution is 2.35. The van der Waals surface area contributed by atoms with Crippen LogP contribution in [0.3, 0.4) is 0 Å². The molecule has 1 aliphatic rings. The van der Waals surface area contributed by atoms with Crippen LogP contribution in [-0.2, 0) is 7.05 Å². The first-order valence-corrected chi connectivity index (χ1v) is 7.40. The maximum atomic E-state index is 5.44. The molecule has 0 unspecified atom stereocenters. The van der Waals surface area contributed by atoms with Crippen LogP contribution < -0.4 is 0 Å². The highest BCUT2D eigenvalue weighted by atomic mass is 32.1. The third kappa shape index (κ3) is 2.37. The quantitative estimate of drug-likeness (QED) is 0.584. The molecule has 0 atom stereocenters. The Balaban J connectivity index is 2.26. The van der Waals surface area contributed by atoms with Crippen molar-refractivity contribution in [2.24, 2.45) is 12.0 Å². The lowest BCUT2D eigenvalue weighted by Gasteiger charge is -2.06. The molecule has 0 radical (unpaired) electrons. The van der Waals surface area contributed by atoms with Crippen LogP contribution in [0.2, 0.25) is 0 Å². The van der Waals surface area contributed by atoms with Crippen LogP contribution in [0.1, 0.15) is 5.69 Å². The predicted octanol–water partition coefficient (Wildman–Crippen LogP) is 4.62. The molecule has 3 rings (SSSR count). The summed E-state index contributed by atoms with van der Waals surface area (Å²) < 4.78 is 2.89. The first-order chi connectivity index (χ1) is 9.77. The molecular formula is C16H12N2S2. The standard InChI is InChI=1S/C16H12N2S2/c1-18-14(12-8-5-10-17-11-9-12)15(20-16(18)19)13-6-3-2-4-7-13/h2-7,9-11H,1H3. The highest BCUT2D eigenvalue weighted by Gasteiger charge is 2.15. The van der Waals surface area contributed by atoms with Crippen LogP contribution in [-0.4, -0.2) is 10.8 Å². The van der Waals surface area contributed by atoms with Gasteiger partial charge in [0.05, 0.1) is 10.6 Å². The van der Waals surface area contributed by atoms with Gasteiger partial charge in [-0.05, 0) is 29.9 Å². The van der Waals surface area contributed by atoms with E-state index in [4.69, 9.17) is 12.2 Å². The van der Waals surface area contributed by atoms with Crippen molar-refractivity contribution in [2.75, 3.05) is 0 Å².